The van der Waals surface area contributed by atoms with Gasteiger partial charge in [-0.25, -0.2) is 0 Å². The first-order valence-corrected chi connectivity index (χ1v) is 4.76. The normalized spacial score (nSPS) is 49.8. The summed E-state index contributed by atoms with van der Waals surface area (Å²) in [6, 6.07) is 0. The number of hydrogen-bond acceptors (Lipinski definition) is 0. The van der Waals surface area contributed by atoms with Crippen molar-refractivity contribution in [1.82, 2.24) is 0 Å². The molecule has 0 spiro atoms. The molecule has 0 aromatic heterocycles. The van der Waals surface area contributed by atoms with Crippen LogP contribution in [0, 0.1) is 17.3 Å². The van der Waals surface area contributed by atoms with Crippen LogP contribution in [0.3, 0.4) is 0 Å². The summed E-state index contributed by atoms with van der Waals surface area (Å²) in [6.07, 6.45) is 7.47. The number of unbranched alkanes of at least 4 members (excludes halogenated alkanes) is 1. The highest BCUT2D eigenvalue weighted by Crippen LogP contribution is 2.68. The fourth-order valence-electron chi connectivity index (χ4n) is 2.78. The topological polar surface area (TPSA) is 0 Å². The Hall–Kier alpha value is 0. The van der Waals surface area contributed by atoms with Gasteiger partial charge >= 0.3 is 0 Å². The van der Waals surface area contributed by atoms with Gasteiger partial charge in [0.25, 0.3) is 0 Å². The standard InChI is InChI=1S/C10H18/c1-3-4-5-10(2)7-8-6-9(8)10/h8-9H,3-7H2,1-2H3. The minimum atomic E-state index is 0.806. The van der Waals surface area contributed by atoms with Crippen molar-refractivity contribution in [2.75, 3.05) is 0 Å². The molecule has 0 radical (unpaired) electrons. The zero-order valence-corrected chi connectivity index (χ0v) is 7.19. The van der Waals surface area contributed by atoms with Gasteiger partial charge in [-0.1, -0.05) is 26.7 Å². The summed E-state index contributed by atoms with van der Waals surface area (Å²) in [5, 5.41) is 0. The zero-order valence-electron chi connectivity index (χ0n) is 7.19. The molecule has 10 heavy (non-hydrogen) atoms. The molecule has 0 heteroatoms. The van der Waals surface area contributed by atoms with E-state index in [0.29, 0.717) is 0 Å². The van der Waals surface area contributed by atoms with Crippen molar-refractivity contribution in [2.24, 2.45) is 17.3 Å². The average molecular weight is 138 g/mol. The molecule has 2 rings (SSSR count). The second-order valence-corrected chi connectivity index (χ2v) is 4.56. The molecule has 3 unspecified atom stereocenters. The lowest BCUT2D eigenvalue weighted by atomic mass is 9.67. The molecule has 2 fully saturated rings. The molecule has 0 heterocycles. The van der Waals surface area contributed by atoms with Crippen LogP contribution in [0.1, 0.15) is 46.0 Å². The Labute approximate surface area is 64.0 Å². The second-order valence-electron chi connectivity index (χ2n) is 4.56. The maximum atomic E-state index is 2.50. The van der Waals surface area contributed by atoms with Gasteiger partial charge in [-0.3, -0.25) is 0 Å². The average Bonchev–Trinajstić information content (AvgIpc) is 2.58. The van der Waals surface area contributed by atoms with E-state index in [2.05, 4.69) is 13.8 Å². The van der Waals surface area contributed by atoms with Crippen molar-refractivity contribution in [3.8, 4) is 0 Å². The van der Waals surface area contributed by atoms with Crippen LogP contribution < -0.4 is 0 Å². The lowest BCUT2D eigenvalue weighted by Gasteiger charge is -2.38. The minimum Gasteiger partial charge on any atom is -0.0654 e. The van der Waals surface area contributed by atoms with Gasteiger partial charge in [-0.2, -0.15) is 0 Å². The number of rotatable bonds is 3. The van der Waals surface area contributed by atoms with E-state index in [1.807, 2.05) is 0 Å². The van der Waals surface area contributed by atoms with Gasteiger partial charge in [-0.05, 0) is 36.5 Å². The summed E-state index contributed by atoms with van der Waals surface area (Å²) in [5.74, 6) is 2.35. The molecule has 0 aromatic carbocycles. The van der Waals surface area contributed by atoms with E-state index in [9.17, 15) is 0 Å². The molecule has 0 aromatic rings. The fourth-order valence-corrected chi connectivity index (χ4v) is 2.78. The van der Waals surface area contributed by atoms with E-state index in [0.717, 1.165) is 5.41 Å². The quantitative estimate of drug-likeness (QED) is 0.561. The van der Waals surface area contributed by atoms with Crippen LogP contribution in [0.2, 0.25) is 0 Å². The van der Waals surface area contributed by atoms with Crippen LogP contribution in [-0.2, 0) is 0 Å². The first-order chi connectivity index (χ1) is 4.76. The van der Waals surface area contributed by atoms with Gasteiger partial charge in [0.1, 0.15) is 0 Å². The van der Waals surface area contributed by atoms with Crippen molar-refractivity contribution >= 4 is 0 Å². The first kappa shape index (κ1) is 6.69. The molecule has 58 valence electrons. The second kappa shape index (κ2) is 1.99. The van der Waals surface area contributed by atoms with Crippen LogP contribution in [-0.4, -0.2) is 0 Å². The van der Waals surface area contributed by atoms with Gasteiger partial charge in [0, 0.05) is 0 Å². The molecular formula is C10H18. The van der Waals surface area contributed by atoms with E-state index in [1.54, 1.807) is 12.8 Å². The SMILES string of the molecule is CCCCC1(C)CC2CC21. The smallest absolute Gasteiger partial charge is 0.0292 e. The maximum Gasteiger partial charge on any atom is -0.0292 e. The van der Waals surface area contributed by atoms with E-state index in [4.69, 9.17) is 0 Å². The summed E-state index contributed by atoms with van der Waals surface area (Å²) >= 11 is 0. The fraction of sp³-hybridized carbons (Fsp3) is 1.00. The third-order valence-corrected chi connectivity index (χ3v) is 3.65. The molecular weight excluding hydrogens is 120 g/mol. The predicted octanol–water partition coefficient (Wildman–Crippen LogP) is 3.22. The van der Waals surface area contributed by atoms with Crippen molar-refractivity contribution in [1.29, 1.82) is 0 Å². The van der Waals surface area contributed by atoms with Crippen molar-refractivity contribution in [3.05, 3.63) is 0 Å². The van der Waals surface area contributed by atoms with Crippen LogP contribution in [0.4, 0.5) is 0 Å². The van der Waals surface area contributed by atoms with Crippen LogP contribution in [0.25, 0.3) is 0 Å². The van der Waals surface area contributed by atoms with Crippen LogP contribution in [0.15, 0.2) is 0 Å². The molecule has 2 aliphatic carbocycles. The largest absolute Gasteiger partial charge is 0.0654 e. The minimum absolute atomic E-state index is 0.806. The highest BCUT2D eigenvalue weighted by Gasteiger charge is 2.60. The summed E-state index contributed by atoms with van der Waals surface area (Å²) < 4.78 is 0. The van der Waals surface area contributed by atoms with Gasteiger partial charge in [0.05, 0.1) is 0 Å². The first-order valence-electron chi connectivity index (χ1n) is 4.76. The highest BCUT2D eigenvalue weighted by atomic mass is 14.6. The summed E-state index contributed by atoms with van der Waals surface area (Å²) in [6.45, 7) is 4.79. The van der Waals surface area contributed by atoms with Crippen LogP contribution >= 0.6 is 0 Å². The van der Waals surface area contributed by atoms with E-state index in [1.165, 1.54) is 31.1 Å². The predicted molar refractivity (Wildman–Crippen MR) is 43.8 cm³/mol. The number of fused-ring (bicyclic) bond motifs is 1. The Kier molecular flexibility index (Phi) is 1.33. The Morgan fingerprint density at radius 3 is 2.70 bits per heavy atom. The van der Waals surface area contributed by atoms with E-state index in [-0.39, 0.29) is 0 Å². The third kappa shape index (κ3) is 0.810. The van der Waals surface area contributed by atoms with Crippen LogP contribution in [0.5, 0.6) is 0 Å². The van der Waals surface area contributed by atoms with Gasteiger partial charge < -0.3 is 0 Å². The molecule has 2 saturated carbocycles. The van der Waals surface area contributed by atoms with Gasteiger partial charge in [0.2, 0.25) is 0 Å². The lowest BCUT2D eigenvalue weighted by Crippen LogP contribution is -2.29. The summed E-state index contributed by atoms with van der Waals surface area (Å²) in [5.41, 5.74) is 0.806. The molecule has 0 amide bonds. The Morgan fingerprint density at radius 2 is 2.30 bits per heavy atom. The van der Waals surface area contributed by atoms with Gasteiger partial charge in [-0.15, -0.1) is 0 Å². The lowest BCUT2D eigenvalue weighted by molar-refractivity contribution is 0.121. The van der Waals surface area contributed by atoms with Crippen molar-refractivity contribution < 1.29 is 0 Å². The Balaban J connectivity index is 1.80. The summed E-state index contributed by atoms with van der Waals surface area (Å²) in [4.78, 5) is 0. The monoisotopic (exact) mass is 138 g/mol. The maximum absolute atomic E-state index is 2.50. The molecule has 0 N–H and O–H groups in total. The Bertz CT molecular complexity index is 139. The molecule has 0 bridgehead atoms. The summed E-state index contributed by atoms with van der Waals surface area (Å²) in [7, 11) is 0. The molecule has 2 aliphatic rings. The van der Waals surface area contributed by atoms with E-state index >= 15 is 0 Å². The van der Waals surface area contributed by atoms with Gasteiger partial charge in [0.15, 0.2) is 0 Å². The van der Waals surface area contributed by atoms with Crippen molar-refractivity contribution in [3.63, 3.8) is 0 Å². The molecule has 3 atom stereocenters. The zero-order chi connectivity index (χ0) is 7.19. The molecule has 0 saturated heterocycles. The third-order valence-electron chi connectivity index (χ3n) is 3.65. The number of hydrogen-bond donors (Lipinski definition) is 0. The van der Waals surface area contributed by atoms with Crippen molar-refractivity contribution in [2.45, 2.75) is 46.0 Å². The molecule has 0 nitrogen and oxygen atoms in total. The Morgan fingerprint density at radius 1 is 1.50 bits per heavy atom. The highest BCUT2D eigenvalue weighted by molar-refractivity contribution is 5.09. The molecule has 0 aliphatic heterocycles. The van der Waals surface area contributed by atoms with E-state index < -0.39 is 0 Å².